The van der Waals surface area contributed by atoms with Crippen molar-refractivity contribution in [2.24, 2.45) is 0 Å². The Bertz CT molecular complexity index is 487. The van der Waals surface area contributed by atoms with Gasteiger partial charge in [0.05, 0.1) is 25.6 Å². The number of nitrogens with zero attached hydrogens (tertiary/aromatic N) is 3. The molecule has 0 amide bonds. The van der Waals surface area contributed by atoms with Crippen LogP contribution in [0.1, 0.15) is 18.9 Å². The van der Waals surface area contributed by atoms with Crippen molar-refractivity contribution in [1.82, 2.24) is 19.4 Å². The highest BCUT2D eigenvalue weighted by atomic mass is 32.2. The smallest absolute Gasteiger partial charge is 0.211 e. The van der Waals surface area contributed by atoms with E-state index in [1.807, 2.05) is 13.1 Å². The van der Waals surface area contributed by atoms with Gasteiger partial charge < -0.3 is 10.4 Å². The summed E-state index contributed by atoms with van der Waals surface area (Å²) in [6.07, 6.45) is 5.65. The molecule has 0 saturated carbocycles. The van der Waals surface area contributed by atoms with E-state index < -0.39 is 10.0 Å². The molecule has 1 aromatic rings. The van der Waals surface area contributed by atoms with Gasteiger partial charge in [0.1, 0.15) is 0 Å². The standard InChI is InChI=1S/C12H24N4O3S/c1-3-16(20(2,18)19)6-4-5-13-9-12-10-14-15(11-12)7-8-17/h10-11,13,17H,3-9H2,1-2H3. The molecule has 7 nitrogen and oxygen atoms in total. The van der Waals surface area contributed by atoms with E-state index in [2.05, 4.69) is 10.4 Å². The van der Waals surface area contributed by atoms with E-state index in [1.165, 1.54) is 10.6 Å². The number of aliphatic hydroxyl groups excluding tert-OH is 1. The van der Waals surface area contributed by atoms with E-state index in [1.54, 1.807) is 10.9 Å². The van der Waals surface area contributed by atoms with Crippen LogP contribution in [0.4, 0.5) is 0 Å². The molecule has 8 heteroatoms. The molecule has 1 aromatic heterocycles. The van der Waals surface area contributed by atoms with Crippen molar-refractivity contribution in [3.8, 4) is 0 Å². The van der Waals surface area contributed by atoms with Crippen LogP contribution in [0.15, 0.2) is 12.4 Å². The van der Waals surface area contributed by atoms with Crippen molar-refractivity contribution in [2.75, 3.05) is 32.5 Å². The number of nitrogens with one attached hydrogen (secondary N) is 1. The first-order chi connectivity index (χ1) is 9.47. The maximum Gasteiger partial charge on any atom is 0.211 e. The van der Waals surface area contributed by atoms with Gasteiger partial charge >= 0.3 is 0 Å². The first kappa shape index (κ1) is 17.1. The minimum absolute atomic E-state index is 0.0763. The summed E-state index contributed by atoms with van der Waals surface area (Å²) in [5.41, 5.74) is 1.05. The molecule has 0 saturated heterocycles. The highest BCUT2D eigenvalue weighted by Gasteiger charge is 2.12. The largest absolute Gasteiger partial charge is 0.394 e. The van der Waals surface area contributed by atoms with Crippen LogP contribution in [0.3, 0.4) is 0 Å². The van der Waals surface area contributed by atoms with Gasteiger partial charge in [-0.15, -0.1) is 0 Å². The lowest BCUT2D eigenvalue weighted by atomic mass is 10.3. The number of sulfonamides is 1. The van der Waals surface area contributed by atoms with Crippen molar-refractivity contribution in [1.29, 1.82) is 0 Å². The van der Waals surface area contributed by atoms with Gasteiger partial charge in [0.15, 0.2) is 0 Å². The van der Waals surface area contributed by atoms with Gasteiger partial charge in [-0.2, -0.15) is 5.10 Å². The minimum atomic E-state index is -3.09. The van der Waals surface area contributed by atoms with Crippen LogP contribution >= 0.6 is 0 Å². The van der Waals surface area contributed by atoms with Crippen LogP contribution < -0.4 is 5.32 Å². The number of aromatic nitrogens is 2. The first-order valence-electron chi connectivity index (χ1n) is 6.75. The quantitative estimate of drug-likeness (QED) is 0.576. The monoisotopic (exact) mass is 304 g/mol. The van der Waals surface area contributed by atoms with Crippen molar-refractivity contribution >= 4 is 10.0 Å². The zero-order chi connectivity index (χ0) is 15.0. The van der Waals surface area contributed by atoms with Crippen LogP contribution in [0, 0.1) is 0 Å². The Labute approximate surface area is 120 Å². The summed E-state index contributed by atoms with van der Waals surface area (Å²) in [6, 6.07) is 0. The van der Waals surface area contributed by atoms with Crippen LogP contribution in [0.25, 0.3) is 0 Å². The molecule has 0 aliphatic heterocycles. The maximum absolute atomic E-state index is 11.4. The molecule has 2 N–H and O–H groups in total. The second kappa shape index (κ2) is 8.35. The molecule has 0 bridgehead atoms. The fourth-order valence-electron chi connectivity index (χ4n) is 1.89. The van der Waals surface area contributed by atoms with Gasteiger partial charge in [-0.05, 0) is 13.0 Å². The van der Waals surface area contributed by atoms with Crippen molar-refractivity contribution in [2.45, 2.75) is 26.4 Å². The zero-order valence-corrected chi connectivity index (χ0v) is 12.9. The molecule has 0 aromatic carbocycles. The van der Waals surface area contributed by atoms with Crippen molar-refractivity contribution in [3.63, 3.8) is 0 Å². The lowest BCUT2D eigenvalue weighted by molar-refractivity contribution is 0.269. The summed E-state index contributed by atoms with van der Waals surface area (Å²) < 4.78 is 25.9. The van der Waals surface area contributed by atoms with Gasteiger partial charge in [-0.25, -0.2) is 12.7 Å². The topological polar surface area (TPSA) is 87.5 Å². The van der Waals surface area contributed by atoms with Gasteiger partial charge in [-0.1, -0.05) is 6.92 Å². The Morgan fingerprint density at radius 2 is 2.25 bits per heavy atom. The maximum atomic E-state index is 11.4. The number of rotatable bonds is 10. The minimum Gasteiger partial charge on any atom is -0.394 e. The van der Waals surface area contributed by atoms with E-state index in [9.17, 15) is 8.42 Å². The van der Waals surface area contributed by atoms with Gasteiger partial charge in [0.25, 0.3) is 0 Å². The van der Waals surface area contributed by atoms with Gasteiger partial charge in [0, 0.05) is 31.4 Å². The zero-order valence-electron chi connectivity index (χ0n) is 12.1. The highest BCUT2D eigenvalue weighted by Crippen LogP contribution is 1.99. The Balaban J connectivity index is 2.21. The molecule has 1 heterocycles. The number of aliphatic hydroxyl groups is 1. The molecule has 0 spiro atoms. The summed E-state index contributed by atoms with van der Waals surface area (Å²) in [6.45, 7) is 4.89. The normalized spacial score (nSPS) is 12.2. The Morgan fingerprint density at radius 3 is 2.85 bits per heavy atom. The summed E-state index contributed by atoms with van der Waals surface area (Å²) in [7, 11) is -3.09. The predicted octanol–water partition coefficient (Wildman–Crippen LogP) is -0.363. The fraction of sp³-hybridized carbons (Fsp3) is 0.750. The Morgan fingerprint density at radius 1 is 1.50 bits per heavy atom. The SMILES string of the molecule is CCN(CCCNCc1cnn(CCO)c1)S(C)(=O)=O. The second-order valence-electron chi connectivity index (χ2n) is 4.62. The van der Waals surface area contributed by atoms with E-state index in [-0.39, 0.29) is 6.61 Å². The molecule has 0 unspecified atom stereocenters. The molecule has 0 atom stereocenters. The molecule has 0 fully saturated rings. The molecule has 1 rings (SSSR count). The van der Waals surface area contributed by atoms with E-state index in [0.29, 0.717) is 26.2 Å². The molecular formula is C12H24N4O3S. The third kappa shape index (κ3) is 6.00. The Hall–Kier alpha value is -0.960. The summed E-state index contributed by atoms with van der Waals surface area (Å²) >= 11 is 0. The van der Waals surface area contributed by atoms with Crippen LogP contribution in [-0.4, -0.2) is 60.1 Å². The highest BCUT2D eigenvalue weighted by molar-refractivity contribution is 7.88. The summed E-state index contributed by atoms with van der Waals surface area (Å²) in [4.78, 5) is 0. The van der Waals surface area contributed by atoms with Gasteiger partial charge in [-0.3, -0.25) is 4.68 Å². The average molecular weight is 304 g/mol. The van der Waals surface area contributed by atoms with E-state index in [0.717, 1.165) is 18.5 Å². The van der Waals surface area contributed by atoms with Crippen LogP contribution in [-0.2, 0) is 23.1 Å². The lowest BCUT2D eigenvalue weighted by Crippen LogP contribution is -2.32. The van der Waals surface area contributed by atoms with Crippen molar-refractivity contribution in [3.05, 3.63) is 18.0 Å². The lowest BCUT2D eigenvalue weighted by Gasteiger charge is -2.17. The molecule has 0 radical (unpaired) electrons. The number of hydrogen-bond donors (Lipinski definition) is 2. The van der Waals surface area contributed by atoms with Crippen LogP contribution in [0.2, 0.25) is 0 Å². The first-order valence-corrected chi connectivity index (χ1v) is 8.60. The molecule has 116 valence electrons. The Kier molecular flexibility index (Phi) is 7.14. The molecule has 0 aliphatic carbocycles. The summed E-state index contributed by atoms with van der Waals surface area (Å²) in [5.74, 6) is 0. The van der Waals surface area contributed by atoms with E-state index >= 15 is 0 Å². The molecular weight excluding hydrogens is 280 g/mol. The third-order valence-corrected chi connectivity index (χ3v) is 4.31. The molecule has 0 aliphatic rings. The van der Waals surface area contributed by atoms with Gasteiger partial charge in [0.2, 0.25) is 10.0 Å². The van der Waals surface area contributed by atoms with Crippen molar-refractivity contribution < 1.29 is 13.5 Å². The molecule has 20 heavy (non-hydrogen) atoms. The predicted molar refractivity (Wildman–Crippen MR) is 77.7 cm³/mol. The average Bonchev–Trinajstić information content (AvgIpc) is 2.80. The third-order valence-electron chi connectivity index (χ3n) is 2.93. The van der Waals surface area contributed by atoms with Crippen LogP contribution in [0.5, 0.6) is 0 Å². The number of hydrogen-bond acceptors (Lipinski definition) is 5. The fourth-order valence-corrected chi connectivity index (χ4v) is 2.82. The second-order valence-corrected chi connectivity index (χ2v) is 6.60. The summed E-state index contributed by atoms with van der Waals surface area (Å²) in [5, 5.41) is 16.1. The van der Waals surface area contributed by atoms with E-state index in [4.69, 9.17) is 5.11 Å².